The zero-order valence-electron chi connectivity index (χ0n) is 6.84. The van der Waals surface area contributed by atoms with Crippen molar-refractivity contribution in [1.29, 1.82) is 5.26 Å². The first-order valence-corrected chi connectivity index (χ1v) is 4.10. The quantitative estimate of drug-likeness (QED) is 0.775. The number of hydrogen-bond acceptors (Lipinski definition) is 3. The zero-order valence-corrected chi connectivity index (χ0v) is 7.59. The Labute approximate surface area is 83.6 Å². The summed E-state index contributed by atoms with van der Waals surface area (Å²) in [5, 5.41) is 17.6. The minimum absolute atomic E-state index is 0.00176. The highest BCUT2D eigenvalue weighted by molar-refractivity contribution is 6.17. The summed E-state index contributed by atoms with van der Waals surface area (Å²) >= 11 is 5.40. The Kier molecular flexibility index (Phi) is 3.20. The SMILES string of the molecule is N#Cc1cc(O)c(C(F)F)nc1CCl. The van der Waals surface area contributed by atoms with Crippen LogP contribution in [0.3, 0.4) is 0 Å². The van der Waals surface area contributed by atoms with Crippen LogP contribution in [0.1, 0.15) is 23.4 Å². The van der Waals surface area contributed by atoms with Crippen LogP contribution >= 0.6 is 11.6 Å². The molecule has 0 amide bonds. The maximum absolute atomic E-state index is 12.2. The predicted octanol–water partition coefficient (Wildman–Crippen LogP) is 2.34. The number of alkyl halides is 3. The highest BCUT2D eigenvalue weighted by Gasteiger charge is 2.17. The fourth-order valence-electron chi connectivity index (χ4n) is 0.916. The van der Waals surface area contributed by atoms with E-state index in [0.717, 1.165) is 6.07 Å². The molecule has 6 heteroatoms. The van der Waals surface area contributed by atoms with Gasteiger partial charge in [0.25, 0.3) is 6.43 Å². The van der Waals surface area contributed by atoms with Gasteiger partial charge in [-0.1, -0.05) is 0 Å². The molecule has 0 aliphatic heterocycles. The first-order valence-electron chi connectivity index (χ1n) is 3.57. The van der Waals surface area contributed by atoms with Crippen molar-refractivity contribution in [3.8, 4) is 11.8 Å². The van der Waals surface area contributed by atoms with E-state index in [2.05, 4.69) is 4.98 Å². The van der Waals surface area contributed by atoms with E-state index in [9.17, 15) is 8.78 Å². The average Bonchev–Trinajstić information content (AvgIpc) is 2.16. The number of nitriles is 1. The summed E-state index contributed by atoms with van der Waals surface area (Å²) in [6, 6.07) is 2.64. The Morgan fingerprint density at radius 1 is 1.64 bits per heavy atom. The monoisotopic (exact) mass is 218 g/mol. The number of nitrogens with zero attached hydrogens (tertiary/aromatic N) is 2. The van der Waals surface area contributed by atoms with Crippen molar-refractivity contribution in [2.24, 2.45) is 0 Å². The summed E-state index contributed by atoms with van der Waals surface area (Å²) in [5.74, 6) is -0.839. The molecule has 1 aromatic heterocycles. The molecule has 1 rings (SSSR count). The fourth-order valence-corrected chi connectivity index (χ4v) is 1.12. The highest BCUT2D eigenvalue weighted by atomic mass is 35.5. The Balaban J connectivity index is 3.32. The number of aromatic nitrogens is 1. The van der Waals surface area contributed by atoms with Crippen LogP contribution in [0.5, 0.6) is 5.75 Å². The van der Waals surface area contributed by atoms with Gasteiger partial charge in [0.05, 0.1) is 17.1 Å². The Morgan fingerprint density at radius 2 is 2.29 bits per heavy atom. The smallest absolute Gasteiger partial charge is 0.284 e. The van der Waals surface area contributed by atoms with Crippen molar-refractivity contribution in [1.82, 2.24) is 4.98 Å². The summed E-state index contributed by atoms with van der Waals surface area (Å²) in [4.78, 5) is 3.41. The lowest BCUT2D eigenvalue weighted by atomic mass is 10.2. The maximum Gasteiger partial charge on any atom is 0.284 e. The maximum atomic E-state index is 12.2. The van der Waals surface area contributed by atoms with Crippen molar-refractivity contribution in [2.45, 2.75) is 12.3 Å². The third-order valence-electron chi connectivity index (χ3n) is 1.56. The highest BCUT2D eigenvalue weighted by Crippen LogP contribution is 2.28. The van der Waals surface area contributed by atoms with Gasteiger partial charge in [-0.15, -0.1) is 11.6 Å². The molecule has 0 atom stereocenters. The number of aromatic hydroxyl groups is 1. The molecule has 1 heterocycles. The van der Waals surface area contributed by atoms with E-state index < -0.39 is 17.9 Å². The van der Waals surface area contributed by atoms with E-state index in [1.54, 1.807) is 6.07 Å². The molecule has 0 spiro atoms. The summed E-state index contributed by atoms with van der Waals surface area (Å²) < 4.78 is 24.5. The summed E-state index contributed by atoms with van der Waals surface area (Å²) in [6.45, 7) is 0. The van der Waals surface area contributed by atoms with E-state index >= 15 is 0 Å². The van der Waals surface area contributed by atoms with Crippen LogP contribution < -0.4 is 0 Å². The van der Waals surface area contributed by atoms with Gasteiger partial charge >= 0.3 is 0 Å². The average molecular weight is 219 g/mol. The Hall–Kier alpha value is -1.41. The van der Waals surface area contributed by atoms with Crippen molar-refractivity contribution in [2.75, 3.05) is 0 Å². The standard InChI is InChI=1S/C8H5ClF2N2O/c9-2-5-4(3-12)1-6(14)7(13-5)8(10)11/h1,8,14H,2H2. The first kappa shape index (κ1) is 10.7. The second kappa shape index (κ2) is 4.20. The van der Waals surface area contributed by atoms with Gasteiger partial charge in [-0.2, -0.15) is 5.26 Å². The molecule has 1 aromatic rings. The molecular weight excluding hydrogens is 214 g/mol. The third-order valence-corrected chi connectivity index (χ3v) is 1.82. The molecule has 0 fully saturated rings. The fraction of sp³-hybridized carbons (Fsp3) is 0.250. The van der Waals surface area contributed by atoms with Crippen LogP contribution in [0, 0.1) is 11.3 Å². The lowest BCUT2D eigenvalue weighted by Gasteiger charge is -2.05. The van der Waals surface area contributed by atoms with Crippen LogP contribution in [0.25, 0.3) is 0 Å². The van der Waals surface area contributed by atoms with Crippen LogP contribution in [0.2, 0.25) is 0 Å². The molecule has 0 bridgehead atoms. The molecule has 74 valence electrons. The van der Waals surface area contributed by atoms with E-state index in [1.165, 1.54) is 0 Å². The summed E-state index contributed by atoms with van der Waals surface area (Å²) in [5.41, 5.74) is -0.705. The molecule has 0 saturated carbocycles. The van der Waals surface area contributed by atoms with Gasteiger partial charge in [0.2, 0.25) is 0 Å². The topological polar surface area (TPSA) is 56.9 Å². The van der Waals surface area contributed by atoms with Crippen LogP contribution in [0.4, 0.5) is 8.78 Å². The van der Waals surface area contributed by atoms with Gasteiger partial charge in [0.15, 0.2) is 0 Å². The molecule has 1 N–H and O–H groups in total. The molecule has 14 heavy (non-hydrogen) atoms. The zero-order chi connectivity index (χ0) is 10.7. The number of rotatable bonds is 2. The summed E-state index contributed by atoms with van der Waals surface area (Å²) in [7, 11) is 0. The third kappa shape index (κ3) is 1.91. The molecule has 0 aromatic carbocycles. The summed E-state index contributed by atoms with van der Waals surface area (Å²) in [6.07, 6.45) is -2.88. The van der Waals surface area contributed by atoms with Crippen molar-refractivity contribution in [3.63, 3.8) is 0 Å². The van der Waals surface area contributed by atoms with E-state index in [-0.39, 0.29) is 17.1 Å². The largest absolute Gasteiger partial charge is 0.506 e. The van der Waals surface area contributed by atoms with Crippen molar-refractivity contribution >= 4 is 11.6 Å². The van der Waals surface area contributed by atoms with Crippen LogP contribution in [-0.2, 0) is 5.88 Å². The van der Waals surface area contributed by atoms with Gasteiger partial charge in [-0.3, -0.25) is 0 Å². The minimum Gasteiger partial charge on any atom is -0.506 e. The molecule has 0 radical (unpaired) electrons. The molecule has 3 nitrogen and oxygen atoms in total. The molecular formula is C8H5ClF2N2O. The lowest BCUT2D eigenvalue weighted by molar-refractivity contribution is 0.141. The lowest BCUT2D eigenvalue weighted by Crippen LogP contribution is -1.98. The first-order chi connectivity index (χ1) is 6.60. The number of pyridine rings is 1. The predicted molar refractivity (Wildman–Crippen MR) is 45.1 cm³/mol. The molecule has 0 aliphatic carbocycles. The van der Waals surface area contributed by atoms with Gasteiger partial charge in [0.1, 0.15) is 17.5 Å². The van der Waals surface area contributed by atoms with E-state index in [4.69, 9.17) is 22.0 Å². The van der Waals surface area contributed by atoms with Gasteiger partial charge in [-0.05, 0) is 0 Å². The van der Waals surface area contributed by atoms with E-state index in [1.807, 2.05) is 0 Å². The minimum atomic E-state index is -2.88. The number of hydrogen-bond donors (Lipinski definition) is 1. The van der Waals surface area contributed by atoms with Gasteiger partial charge in [0, 0.05) is 6.07 Å². The van der Waals surface area contributed by atoms with Crippen molar-refractivity contribution in [3.05, 3.63) is 23.0 Å². The molecule has 0 unspecified atom stereocenters. The van der Waals surface area contributed by atoms with Crippen molar-refractivity contribution < 1.29 is 13.9 Å². The van der Waals surface area contributed by atoms with Crippen LogP contribution in [-0.4, -0.2) is 10.1 Å². The number of halogens is 3. The van der Waals surface area contributed by atoms with Crippen LogP contribution in [0.15, 0.2) is 6.07 Å². The van der Waals surface area contributed by atoms with Gasteiger partial charge in [-0.25, -0.2) is 13.8 Å². The molecule has 0 saturated heterocycles. The van der Waals surface area contributed by atoms with Gasteiger partial charge < -0.3 is 5.11 Å². The Bertz CT molecular complexity index is 389. The van der Waals surface area contributed by atoms with E-state index in [0.29, 0.717) is 0 Å². The molecule has 0 aliphatic rings. The second-order valence-electron chi connectivity index (χ2n) is 2.43. The normalized spacial score (nSPS) is 10.2. The Morgan fingerprint density at radius 3 is 2.71 bits per heavy atom. The second-order valence-corrected chi connectivity index (χ2v) is 2.70.